The van der Waals surface area contributed by atoms with E-state index in [2.05, 4.69) is 21.0 Å². The van der Waals surface area contributed by atoms with Crippen molar-refractivity contribution in [3.05, 3.63) is 10.2 Å². The maximum absolute atomic E-state index is 11.8. The molecule has 6 heteroatoms. The van der Waals surface area contributed by atoms with Crippen LogP contribution in [0.5, 0.6) is 5.88 Å². The van der Waals surface area contributed by atoms with E-state index in [4.69, 9.17) is 9.47 Å². The van der Waals surface area contributed by atoms with E-state index in [1.165, 1.54) is 0 Å². The van der Waals surface area contributed by atoms with Gasteiger partial charge in [0, 0.05) is 13.0 Å². The van der Waals surface area contributed by atoms with Crippen LogP contribution in [0, 0.1) is 0 Å². The van der Waals surface area contributed by atoms with E-state index in [1.54, 1.807) is 11.6 Å². The van der Waals surface area contributed by atoms with Gasteiger partial charge >= 0.3 is 5.97 Å². The van der Waals surface area contributed by atoms with Crippen molar-refractivity contribution in [3.63, 3.8) is 0 Å². The number of aromatic nitrogens is 2. The second-order valence-electron chi connectivity index (χ2n) is 4.45. The Kier molecular flexibility index (Phi) is 2.43. The normalized spacial score (nSPS) is 19.6. The number of aryl methyl sites for hydroxylation is 1. The third-order valence-electron chi connectivity index (χ3n) is 3.24. The van der Waals surface area contributed by atoms with E-state index in [1.807, 2.05) is 0 Å². The zero-order chi connectivity index (χ0) is 12.0. The zero-order valence-corrected chi connectivity index (χ0v) is 11.1. The molecule has 1 aromatic rings. The molecule has 0 unspecified atom stereocenters. The summed E-state index contributed by atoms with van der Waals surface area (Å²) in [6.07, 6.45) is 3.10. The van der Waals surface area contributed by atoms with Crippen molar-refractivity contribution in [2.75, 3.05) is 6.61 Å². The number of hydrogen-bond donors (Lipinski definition) is 0. The van der Waals surface area contributed by atoms with E-state index >= 15 is 0 Å². The van der Waals surface area contributed by atoms with Crippen molar-refractivity contribution >= 4 is 21.9 Å². The summed E-state index contributed by atoms with van der Waals surface area (Å²) in [6, 6.07) is 0. The van der Waals surface area contributed by atoms with E-state index < -0.39 is 0 Å². The van der Waals surface area contributed by atoms with E-state index in [-0.39, 0.29) is 11.6 Å². The first-order valence-corrected chi connectivity index (χ1v) is 6.57. The number of ether oxygens (including phenoxy) is 2. The van der Waals surface area contributed by atoms with Crippen molar-refractivity contribution in [2.45, 2.75) is 38.3 Å². The van der Waals surface area contributed by atoms with Gasteiger partial charge in [-0.2, -0.15) is 5.10 Å². The fourth-order valence-corrected chi connectivity index (χ4v) is 2.63. The molecule has 1 aliphatic carbocycles. The summed E-state index contributed by atoms with van der Waals surface area (Å²) < 4.78 is 13.2. The average molecular weight is 301 g/mol. The highest BCUT2D eigenvalue weighted by molar-refractivity contribution is 9.10. The van der Waals surface area contributed by atoms with Crippen LogP contribution in [-0.2, 0) is 11.3 Å². The molecule has 2 heterocycles. The summed E-state index contributed by atoms with van der Waals surface area (Å²) in [4.78, 5) is 11.8. The van der Waals surface area contributed by atoms with E-state index in [0.29, 0.717) is 22.7 Å². The molecule has 1 fully saturated rings. The van der Waals surface area contributed by atoms with Gasteiger partial charge in [0.25, 0.3) is 0 Å². The summed E-state index contributed by atoms with van der Waals surface area (Å²) in [6.45, 7) is 2.93. The minimum atomic E-state index is -0.377. The van der Waals surface area contributed by atoms with Crippen LogP contribution in [0.4, 0.5) is 0 Å². The lowest BCUT2D eigenvalue weighted by Crippen LogP contribution is -2.28. The highest BCUT2D eigenvalue weighted by Crippen LogP contribution is 2.48. The summed E-state index contributed by atoms with van der Waals surface area (Å²) >= 11 is 3.29. The van der Waals surface area contributed by atoms with Crippen molar-refractivity contribution in [2.24, 2.45) is 0 Å². The topological polar surface area (TPSA) is 53.3 Å². The lowest BCUT2D eigenvalue weighted by atomic mass is 10.2. The van der Waals surface area contributed by atoms with Crippen LogP contribution in [0.3, 0.4) is 0 Å². The summed E-state index contributed by atoms with van der Waals surface area (Å²) in [5.41, 5.74) is 0.384. The molecule has 1 saturated carbocycles. The predicted molar refractivity (Wildman–Crippen MR) is 63.1 cm³/mol. The smallest absolute Gasteiger partial charge is 0.346 e. The van der Waals surface area contributed by atoms with Gasteiger partial charge in [0.05, 0.1) is 6.61 Å². The first-order valence-electron chi connectivity index (χ1n) is 5.78. The molecule has 1 spiro atoms. The molecule has 0 saturated heterocycles. The molecule has 17 heavy (non-hydrogen) atoms. The molecule has 3 rings (SSSR count). The van der Waals surface area contributed by atoms with Crippen LogP contribution < -0.4 is 4.74 Å². The van der Waals surface area contributed by atoms with E-state index in [9.17, 15) is 4.79 Å². The number of rotatable bonds is 2. The second-order valence-corrected chi connectivity index (χ2v) is 5.20. The van der Waals surface area contributed by atoms with E-state index in [0.717, 1.165) is 25.8 Å². The number of esters is 1. The molecule has 5 nitrogen and oxygen atoms in total. The van der Waals surface area contributed by atoms with Gasteiger partial charge in [-0.05, 0) is 35.7 Å². The molecule has 0 radical (unpaired) electrons. The van der Waals surface area contributed by atoms with Crippen LogP contribution in [0.25, 0.3) is 0 Å². The van der Waals surface area contributed by atoms with Gasteiger partial charge in [-0.3, -0.25) is 0 Å². The Bertz CT molecular complexity index is 479. The van der Waals surface area contributed by atoms with Gasteiger partial charge in [-0.25, -0.2) is 9.48 Å². The van der Waals surface area contributed by atoms with Gasteiger partial charge in [-0.1, -0.05) is 0 Å². The molecule has 0 aromatic carbocycles. The number of nitrogens with zero attached hydrogens (tertiary/aromatic N) is 2. The Morgan fingerprint density at radius 1 is 1.59 bits per heavy atom. The molecule has 2 aliphatic rings. The SMILES string of the molecule is CCOC(=O)c1c(Br)nn2c1OC1(CC2)CC1. The number of hydrogen-bond acceptors (Lipinski definition) is 4. The van der Waals surface area contributed by atoms with Crippen molar-refractivity contribution in [1.82, 2.24) is 9.78 Å². The number of carbonyl (C=O) groups excluding carboxylic acids is 1. The van der Waals surface area contributed by atoms with Gasteiger partial charge in [-0.15, -0.1) is 0 Å². The van der Waals surface area contributed by atoms with Gasteiger partial charge in [0.1, 0.15) is 10.2 Å². The van der Waals surface area contributed by atoms with Crippen LogP contribution in [-0.4, -0.2) is 28.0 Å². The quantitative estimate of drug-likeness (QED) is 0.785. The van der Waals surface area contributed by atoms with Crippen LogP contribution in [0.2, 0.25) is 0 Å². The Morgan fingerprint density at radius 2 is 2.35 bits per heavy atom. The maximum Gasteiger partial charge on any atom is 0.346 e. The molecular weight excluding hydrogens is 288 g/mol. The third-order valence-corrected chi connectivity index (χ3v) is 3.80. The van der Waals surface area contributed by atoms with Crippen LogP contribution in [0.15, 0.2) is 4.60 Å². The van der Waals surface area contributed by atoms with Crippen molar-refractivity contribution in [3.8, 4) is 5.88 Å². The Hall–Kier alpha value is -1.04. The molecule has 0 N–H and O–H groups in total. The average Bonchev–Trinajstić information content (AvgIpc) is 2.94. The van der Waals surface area contributed by atoms with Crippen LogP contribution in [0.1, 0.15) is 36.5 Å². The predicted octanol–water partition coefficient (Wildman–Crippen LogP) is 2.14. The van der Waals surface area contributed by atoms with Gasteiger partial charge in [0.15, 0.2) is 5.56 Å². The van der Waals surface area contributed by atoms with Crippen LogP contribution >= 0.6 is 15.9 Å². The summed E-state index contributed by atoms with van der Waals surface area (Å²) in [5, 5.41) is 4.26. The highest BCUT2D eigenvalue weighted by atomic mass is 79.9. The maximum atomic E-state index is 11.8. The zero-order valence-electron chi connectivity index (χ0n) is 9.53. The molecule has 0 bridgehead atoms. The van der Waals surface area contributed by atoms with Crippen molar-refractivity contribution < 1.29 is 14.3 Å². The first kappa shape index (κ1) is 11.1. The molecule has 1 aromatic heterocycles. The fraction of sp³-hybridized carbons (Fsp3) is 0.636. The molecule has 0 amide bonds. The molecular formula is C11H13BrN2O3. The highest BCUT2D eigenvalue weighted by Gasteiger charge is 2.49. The van der Waals surface area contributed by atoms with Gasteiger partial charge < -0.3 is 9.47 Å². The summed E-state index contributed by atoms with van der Waals surface area (Å²) in [5.74, 6) is 0.178. The first-order chi connectivity index (χ1) is 8.15. The minimum absolute atomic E-state index is 0.0310. The second kappa shape index (κ2) is 3.73. The number of halogens is 1. The Labute approximate surface area is 107 Å². The van der Waals surface area contributed by atoms with Gasteiger partial charge in [0.2, 0.25) is 5.88 Å². The largest absolute Gasteiger partial charge is 0.470 e. The third kappa shape index (κ3) is 1.74. The summed E-state index contributed by atoms with van der Waals surface area (Å²) in [7, 11) is 0. The molecule has 1 aliphatic heterocycles. The lowest BCUT2D eigenvalue weighted by Gasteiger charge is -2.24. The standard InChI is InChI=1S/C11H13BrN2O3/c1-2-16-10(15)7-8(12)13-14-6-5-11(3-4-11)17-9(7)14/h2-6H2,1H3. The number of fused-ring (bicyclic) bond motifs is 1. The fourth-order valence-electron chi connectivity index (χ4n) is 2.11. The Morgan fingerprint density at radius 3 is 3.00 bits per heavy atom. The van der Waals surface area contributed by atoms with Crippen molar-refractivity contribution in [1.29, 1.82) is 0 Å². The molecule has 92 valence electrons. The monoisotopic (exact) mass is 300 g/mol. The number of carbonyl (C=O) groups is 1. The minimum Gasteiger partial charge on any atom is -0.470 e. The molecule has 0 atom stereocenters. The Balaban J connectivity index is 1.98. The lowest BCUT2D eigenvalue weighted by molar-refractivity contribution is 0.0506.